The number of hydrogen-bond donors (Lipinski definition) is 0. The molecule has 0 aliphatic carbocycles. The minimum Gasteiger partial charge on any atom is -0.669 e. The summed E-state index contributed by atoms with van der Waals surface area (Å²) in [5.41, 5.74) is 8.28. The first kappa shape index (κ1) is 24.2. The Hall–Kier alpha value is 0.920. The molecule has 1 rings (SSSR count). The fraction of sp³-hybridized carbons (Fsp3) is 0.333. The van der Waals surface area contributed by atoms with Crippen molar-refractivity contribution in [2.75, 3.05) is 0 Å². The molecule has 0 saturated heterocycles. The van der Waals surface area contributed by atoms with Gasteiger partial charge in [0.05, 0.1) is 0 Å². The van der Waals surface area contributed by atoms with Crippen LogP contribution in [0.2, 0.25) is 0 Å². The molecule has 1 nitrogen and oxygen atoms in total. The summed E-state index contributed by atoms with van der Waals surface area (Å²) in [5.74, 6) is 0. The number of halogens is 3. The van der Waals surface area contributed by atoms with Gasteiger partial charge in [-0.05, 0) is 0 Å². The van der Waals surface area contributed by atoms with Crippen LogP contribution >= 0.6 is 37.2 Å². The van der Waals surface area contributed by atoms with Gasteiger partial charge in [0.2, 0.25) is 0 Å². The predicted molar refractivity (Wildman–Crippen MR) is 65.5 cm³/mol. The van der Waals surface area contributed by atoms with Crippen LogP contribution in [-0.4, -0.2) is 0 Å². The first-order valence-corrected chi connectivity index (χ1v) is 3.41. The number of hydrogen-bond acceptors (Lipinski definition) is 0. The van der Waals surface area contributed by atoms with Crippen LogP contribution in [-0.2, 0) is 31.4 Å². The Morgan fingerprint density at radius 2 is 1.29 bits per heavy atom. The molecule has 1 aromatic rings. The third-order valence-electron chi connectivity index (χ3n) is 1.50. The SMILES string of the molecule is CC(C)([NH-])c1ccccc1.Cl.Cl.Cl.[Hf]. The Morgan fingerprint density at radius 1 is 0.929 bits per heavy atom. The summed E-state index contributed by atoms with van der Waals surface area (Å²) >= 11 is 0. The van der Waals surface area contributed by atoms with Crippen molar-refractivity contribution < 1.29 is 25.8 Å². The molecule has 1 aromatic carbocycles. The summed E-state index contributed by atoms with van der Waals surface area (Å²) in [5, 5.41) is 0. The summed E-state index contributed by atoms with van der Waals surface area (Å²) in [6.45, 7) is 3.78. The molecule has 0 heterocycles. The van der Waals surface area contributed by atoms with E-state index >= 15 is 0 Å². The zero-order chi connectivity index (χ0) is 7.61. The molecule has 0 bridgehead atoms. The monoisotopic (exact) mass is 422 g/mol. The van der Waals surface area contributed by atoms with Gasteiger partial charge < -0.3 is 5.73 Å². The third-order valence-corrected chi connectivity index (χ3v) is 1.50. The van der Waals surface area contributed by atoms with Gasteiger partial charge in [-0.2, -0.15) is 0 Å². The molecule has 82 valence electrons. The minimum absolute atomic E-state index is 0. The smallest absolute Gasteiger partial charge is 0 e. The molecule has 0 saturated carbocycles. The van der Waals surface area contributed by atoms with E-state index in [2.05, 4.69) is 0 Å². The van der Waals surface area contributed by atoms with Gasteiger partial charge in [-0.3, -0.25) is 0 Å². The molecule has 0 aliphatic heterocycles. The van der Waals surface area contributed by atoms with E-state index in [1.54, 1.807) is 0 Å². The summed E-state index contributed by atoms with van der Waals surface area (Å²) in [6.07, 6.45) is 0. The van der Waals surface area contributed by atoms with Crippen LogP contribution in [0.15, 0.2) is 30.3 Å². The van der Waals surface area contributed by atoms with Gasteiger partial charge in [0.25, 0.3) is 0 Å². The Balaban J connectivity index is -0.000000125. The largest absolute Gasteiger partial charge is 0.669 e. The van der Waals surface area contributed by atoms with Crippen molar-refractivity contribution in [3.8, 4) is 0 Å². The Morgan fingerprint density at radius 3 is 1.50 bits per heavy atom. The first-order valence-electron chi connectivity index (χ1n) is 3.41. The van der Waals surface area contributed by atoms with Gasteiger partial charge in [-0.25, -0.2) is 0 Å². The maximum absolute atomic E-state index is 7.67. The average molecular weight is 422 g/mol. The molecule has 0 aromatic heterocycles. The van der Waals surface area contributed by atoms with Crippen LogP contribution in [0.4, 0.5) is 0 Å². The zero-order valence-corrected chi connectivity index (χ0v) is 14.2. The van der Waals surface area contributed by atoms with E-state index in [4.69, 9.17) is 5.73 Å². The summed E-state index contributed by atoms with van der Waals surface area (Å²) in [6, 6.07) is 9.85. The van der Waals surface area contributed by atoms with Crippen molar-refractivity contribution in [3.63, 3.8) is 0 Å². The van der Waals surface area contributed by atoms with Gasteiger partial charge in [0.1, 0.15) is 0 Å². The predicted octanol–water partition coefficient (Wildman–Crippen LogP) is 4.24. The van der Waals surface area contributed by atoms with Crippen molar-refractivity contribution in [3.05, 3.63) is 41.6 Å². The third kappa shape index (κ3) is 8.25. The van der Waals surface area contributed by atoms with Crippen molar-refractivity contribution in [2.45, 2.75) is 19.4 Å². The van der Waals surface area contributed by atoms with Crippen molar-refractivity contribution >= 4 is 37.2 Å². The maximum atomic E-state index is 7.67. The molecule has 0 atom stereocenters. The van der Waals surface area contributed by atoms with Crippen LogP contribution in [0.25, 0.3) is 5.73 Å². The second-order valence-electron chi connectivity index (χ2n) is 2.99. The van der Waals surface area contributed by atoms with Crippen LogP contribution in [0, 0.1) is 0 Å². The van der Waals surface area contributed by atoms with Gasteiger partial charge in [-0.15, -0.1) is 42.8 Å². The maximum Gasteiger partial charge on any atom is 0 e. The van der Waals surface area contributed by atoms with Crippen molar-refractivity contribution in [2.24, 2.45) is 0 Å². The van der Waals surface area contributed by atoms with E-state index < -0.39 is 5.54 Å². The molecule has 1 N–H and O–H groups in total. The van der Waals surface area contributed by atoms with Crippen LogP contribution < -0.4 is 0 Å². The van der Waals surface area contributed by atoms with Crippen molar-refractivity contribution in [1.82, 2.24) is 0 Å². The van der Waals surface area contributed by atoms with Gasteiger partial charge in [0, 0.05) is 25.8 Å². The zero-order valence-electron chi connectivity index (χ0n) is 8.11. The van der Waals surface area contributed by atoms with E-state index in [1.807, 2.05) is 44.2 Å². The topological polar surface area (TPSA) is 23.8 Å². The van der Waals surface area contributed by atoms with E-state index in [0.717, 1.165) is 5.56 Å². The molecule has 0 radical (unpaired) electrons. The van der Waals surface area contributed by atoms with Gasteiger partial charge in [0.15, 0.2) is 0 Å². The fourth-order valence-electron chi connectivity index (χ4n) is 0.855. The van der Waals surface area contributed by atoms with E-state index in [9.17, 15) is 0 Å². The molecule has 0 spiro atoms. The van der Waals surface area contributed by atoms with Gasteiger partial charge >= 0.3 is 0 Å². The summed E-state index contributed by atoms with van der Waals surface area (Å²) in [4.78, 5) is 0. The normalized spacial score (nSPS) is 8.21. The Kier molecular flexibility index (Phi) is 18.1. The molecule has 0 amide bonds. The standard InChI is InChI=1S/C9H12N.3ClH.Hf/c1-9(2,10)8-6-4-3-5-7-8;;;;/h3-7,10H,1-2H3;3*1H;/q-1;;;;. The summed E-state index contributed by atoms with van der Waals surface area (Å²) in [7, 11) is 0. The van der Waals surface area contributed by atoms with Gasteiger partial charge in [-0.1, -0.05) is 49.7 Å². The molecule has 0 aliphatic rings. The Bertz CT molecular complexity index is 211. The van der Waals surface area contributed by atoms with E-state index in [-0.39, 0.29) is 63.1 Å². The van der Waals surface area contributed by atoms with E-state index in [0.29, 0.717) is 0 Å². The molecular weight excluding hydrogens is 407 g/mol. The number of benzene rings is 1. The first-order chi connectivity index (χ1) is 4.61. The Labute approximate surface area is 123 Å². The van der Waals surface area contributed by atoms with Crippen LogP contribution in [0.1, 0.15) is 19.4 Å². The van der Waals surface area contributed by atoms with Crippen molar-refractivity contribution in [1.29, 1.82) is 0 Å². The average Bonchev–Trinajstić information content (AvgIpc) is 1.88. The fourth-order valence-corrected chi connectivity index (χ4v) is 0.855. The molecule has 0 unspecified atom stereocenters. The summed E-state index contributed by atoms with van der Waals surface area (Å²) < 4.78 is 0. The molecule has 5 heteroatoms. The molecule has 0 fully saturated rings. The molecular formula is C9H15Cl3HfN-. The second kappa shape index (κ2) is 10.4. The van der Waals surface area contributed by atoms with Crippen LogP contribution in [0.5, 0.6) is 0 Å². The number of rotatable bonds is 1. The van der Waals surface area contributed by atoms with E-state index in [1.165, 1.54) is 0 Å². The number of nitrogens with one attached hydrogen (secondary N) is 1. The quantitative estimate of drug-likeness (QED) is 0.606. The minimum atomic E-state index is -0.457. The second-order valence-corrected chi connectivity index (χ2v) is 2.99. The van der Waals surface area contributed by atoms with Crippen LogP contribution in [0.3, 0.4) is 0 Å². The molecule has 14 heavy (non-hydrogen) atoms.